The van der Waals surface area contributed by atoms with Crippen molar-refractivity contribution in [3.05, 3.63) is 18.2 Å². The molecule has 0 spiro atoms. The Balaban J connectivity index is 2.34. The Kier molecular flexibility index (Phi) is 1.37. The molecule has 14 heavy (non-hydrogen) atoms. The number of rotatable bonds is 1. The lowest BCUT2D eigenvalue weighted by molar-refractivity contribution is 0.820. The van der Waals surface area contributed by atoms with E-state index in [1.807, 2.05) is 7.05 Å². The zero-order valence-electron chi connectivity index (χ0n) is 8.07. The molecule has 0 aromatic carbocycles. The lowest BCUT2D eigenvalue weighted by Gasteiger charge is -2.00. The molecule has 0 atom stereocenters. The number of anilines is 1. The topological polar surface area (TPSA) is 56.7 Å². The maximum atomic E-state index is 5.87. The number of nitrogens with zero attached hydrogens (tertiary/aromatic N) is 3. The lowest BCUT2D eigenvalue weighted by Crippen LogP contribution is -1.97. The second-order valence-corrected chi connectivity index (χ2v) is 3.90. The first-order valence-electron chi connectivity index (χ1n) is 4.83. The minimum atomic E-state index is 0.645. The van der Waals surface area contributed by atoms with Crippen LogP contribution in [-0.2, 0) is 7.05 Å². The Hall–Kier alpha value is -1.58. The molecule has 1 aliphatic carbocycles. The monoisotopic (exact) mass is 188 g/mol. The number of nitrogens with two attached hydrogens (primary N) is 1. The van der Waals surface area contributed by atoms with E-state index in [4.69, 9.17) is 5.73 Å². The lowest BCUT2D eigenvalue weighted by atomic mass is 10.3. The second kappa shape index (κ2) is 2.47. The van der Waals surface area contributed by atoms with E-state index >= 15 is 0 Å². The van der Waals surface area contributed by atoms with Gasteiger partial charge < -0.3 is 10.3 Å². The number of imidazole rings is 1. The smallest absolute Gasteiger partial charge is 0.112 e. The Morgan fingerprint density at radius 2 is 2.21 bits per heavy atom. The van der Waals surface area contributed by atoms with Gasteiger partial charge in [0.2, 0.25) is 0 Å². The molecule has 0 bridgehead atoms. The van der Waals surface area contributed by atoms with Gasteiger partial charge >= 0.3 is 0 Å². The molecule has 72 valence electrons. The van der Waals surface area contributed by atoms with Gasteiger partial charge in [-0.3, -0.25) is 4.98 Å². The van der Waals surface area contributed by atoms with Crippen LogP contribution < -0.4 is 5.73 Å². The fourth-order valence-electron chi connectivity index (χ4n) is 1.93. The molecule has 1 fully saturated rings. The predicted molar refractivity (Wildman–Crippen MR) is 54.9 cm³/mol. The molecule has 0 amide bonds. The average molecular weight is 188 g/mol. The van der Waals surface area contributed by atoms with Gasteiger partial charge in [-0.25, -0.2) is 4.98 Å². The van der Waals surface area contributed by atoms with E-state index in [-0.39, 0.29) is 0 Å². The summed E-state index contributed by atoms with van der Waals surface area (Å²) in [6.07, 6.45) is 5.97. The quantitative estimate of drug-likeness (QED) is 0.736. The molecule has 0 saturated heterocycles. The Labute approximate surface area is 81.8 Å². The Bertz CT molecular complexity index is 496. The van der Waals surface area contributed by atoms with Crippen LogP contribution in [0.25, 0.3) is 11.0 Å². The van der Waals surface area contributed by atoms with Gasteiger partial charge in [-0.2, -0.15) is 0 Å². The van der Waals surface area contributed by atoms with E-state index in [2.05, 4.69) is 14.5 Å². The third-order valence-electron chi connectivity index (χ3n) is 2.78. The van der Waals surface area contributed by atoms with E-state index in [1.54, 1.807) is 12.4 Å². The van der Waals surface area contributed by atoms with Gasteiger partial charge in [0, 0.05) is 13.0 Å². The van der Waals surface area contributed by atoms with Crippen molar-refractivity contribution in [2.45, 2.75) is 18.8 Å². The first-order valence-corrected chi connectivity index (χ1v) is 4.83. The summed E-state index contributed by atoms with van der Waals surface area (Å²) in [5.74, 6) is 1.80. The fraction of sp³-hybridized carbons (Fsp3) is 0.400. The van der Waals surface area contributed by atoms with Crippen molar-refractivity contribution < 1.29 is 0 Å². The molecule has 2 aromatic rings. The minimum absolute atomic E-state index is 0.645. The van der Waals surface area contributed by atoms with Gasteiger partial charge in [-0.05, 0) is 12.8 Å². The zero-order chi connectivity index (χ0) is 9.71. The SMILES string of the molecule is Cn1c(C2CC2)nc2cncc(N)c21. The second-order valence-electron chi connectivity index (χ2n) is 3.90. The third-order valence-corrected chi connectivity index (χ3v) is 2.78. The maximum Gasteiger partial charge on any atom is 0.112 e. The fourth-order valence-corrected chi connectivity index (χ4v) is 1.93. The Morgan fingerprint density at radius 3 is 2.86 bits per heavy atom. The van der Waals surface area contributed by atoms with E-state index < -0.39 is 0 Å². The molecule has 1 saturated carbocycles. The van der Waals surface area contributed by atoms with Crippen LogP contribution in [0.3, 0.4) is 0 Å². The molecular formula is C10H12N4. The van der Waals surface area contributed by atoms with Gasteiger partial charge in [0.05, 0.1) is 23.6 Å². The highest BCUT2D eigenvalue weighted by molar-refractivity contribution is 5.86. The molecule has 0 unspecified atom stereocenters. The van der Waals surface area contributed by atoms with Crippen LogP contribution in [0, 0.1) is 0 Å². The summed E-state index contributed by atoms with van der Waals surface area (Å²) in [6, 6.07) is 0. The average Bonchev–Trinajstić information content (AvgIpc) is 2.93. The highest BCUT2D eigenvalue weighted by Crippen LogP contribution is 2.40. The number of nitrogen functional groups attached to an aromatic ring is 1. The van der Waals surface area contributed by atoms with Crippen molar-refractivity contribution in [1.82, 2.24) is 14.5 Å². The number of aryl methyl sites for hydroxylation is 1. The maximum absolute atomic E-state index is 5.87. The molecule has 0 radical (unpaired) electrons. The van der Waals surface area contributed by atoms with Gasteiger partial charge in [0.15, 0.2) is 0 Å². The standard InChI is InChI=1S/C10H12N4/c1-14-9-7(11)4-12-5-8(9)13-10(14)6-2-3-6/h4-6H,2-3,11H2,1H3. The molecule has 2 N–H and O–H groups in total. The van der Waals surface area contributed by atoms with E-state index in [9.17, 15) is 0 Å². The molecular weight excluding hydrogens is 176 g/mol. The molecule has 0 aliphatic heterocycles. The van der Waals surface area contributed by atoms with E-state index in [1.165, 1.54) is 12.8 Å². The predicted octanol–water partition coefficient (Wildman–Crippen LogP) is 1.43. The number of hydrogen-bond donors (Lipinski definition) is 1. The molecule has 3 rings (SSSR count). The van der Waals surface area contributed by atoms with Gasteiger partial charge in [0.1, 0.15) is 11.3 Å². The van der Waals surface area contributed by atoms with Crippen LogP contribution in [-0.4, -0.2) is 14.5 Å². The summed E-state index contributed by atoms with van der Waals surface area (Å²) >= 11 is 0. The van der Waals surface area contributed by atoms with Crippen molar-refractivity contribution >= 4 is 16.7 Å². The first-order chi connectivity index (χ1) is 6.77. The van der Waals surface area contributed by atoms with Crippen molar-refractivity contribution in [2.24, 2.45) is 7.05 Å². The van der Waals surface area contributed by atoms with Crippen LogP contribution in [0.4, 0.5) is 5.69 Å². The van der Waals surface area contributed by atoms with Crippen molar-refractivity contribution in [1.29, 1.82) is 0 Å². The largest absolute Gasteiger partial charge is 0.396 e. The number of hydrogen-bond acceptors (Lipinski definition) is 3. The zero-order valence-corrected chi connectivity index (χ0v) is 8.07. The van der Waals surface area contributed by atoms with Crippen molar-refractivity contribution in [3.8, 4) is 0 Å². The Morgan fingerprint density at radius 1 is 1.43 bits per heavy atom. The summed E-state index contributed by atoms with van der Waals surface area (Å²) in [5, 5.41) is 0. The van der Waals surface area contributed by atoms with Gasteiger partial charge in [-0.15, -0.1) is 0 Å². The van der Waals surface area contributed by atoms with Gasteiger partial charge in [-0.1, -0.05) is 0 Å². The summed E-state index contributed by atoms with van der Waals surface area (Å²) in [6.45, 7) is 0. The van der Waals surface area contributed by atoms with Crippen LogP contribution in [0.1, 0.15) is 24.6 Å². The van der Waals surface area contributed by atoms with Crippen LogP contribution in [0.2, 0.25) is 0 Å². The van der Waals surface area contributed by atoms with Gasteiger partial charge in [0.25, 0.3) is 0 Å². The van der Waals surface area contributed by atoms with Crippen molar-refractivity contribution in [3.63, 3.8) is 0 Å². The van der Waals surface area contributed by atoms with Crippen LogP contribution >= 0.6 is 0 Å². The highest BCUT2D eigenvalue weighted by atomic mass is 15.1. The summed E-state index contributed by atoms with van der Waals surface area (Å²) in [7, 11) is 2.03. The third kappa shape index (κ3) is 0.937. The molecule has 1 aliphatic rings. The molecule has 2 heterocycles. The normalized spacial score (nSPS) is 16.4. The van der Waals surface area contributed by atoms with E-state index in [0.29, 0.717) is 11.6 Å². The molecule has 2 aromatic heterocycles. The summed E-state index contributed by atoms with van der Waals surface area (Å²) in [5.41, 5.74) is 8.51. The molecule has 4 nitrogen and oxygen atoms in total. The summed E-state index contributed by atoms with van der Waals surface area (Å²) < 4.78 is 2.10. The minimum Gasteiger partial charge on any atom is -0.396 e. The van der Waals surface area contributed by atoms with Crippen molar-refractivity contribution in [2.75, 3.05) is 5.73 Å². The van der Waals surface area contributed by atoms with Crippen LogP contribution in [0.15, 0.2) is 12.4 Å². The number of fused-ring (bicyclic) bond motifs is 1. The molecule has 4 heteroatoms. The highest BCUT2D eigenvalue weighted by Gasteiger charge is 2.28. The number of pyridine rings is 1. The van der Waals surface area contributed by atoms with Crippen LogP contribution in [0.5, 0.6) is 0 Å². The van der Waals surface area contributed by atoms with E-state index in [0.717, 1.165) is 16.9 Å². The summed E-state index contributed by atoms with van der Waals surface area (Å²) in [4.78, 5) is 8.60. The number of aromatic nitrogens is 3. The first kappa shape index (κ1) is 7.79.